The van der Waals surface area contributed by atoms with Crippen LogP contribution in [-0.2, 0) is 16.1 Å². The van der Waals surface area contributed by atoms with Gasteiger partial charge in [0.25, 0.3) is 0 Å². The lowest BCUT2D eigenvalue weighted by molar-refractivity contribution is -0.128. The molecule has 0 atom stereocenters. The highest BCUT2D eigenvalue weighted by Gasteiger charge is 2.02. The molecule has 2 aromatic carbocycles. The predicted octanol–water partition coefficient (Wildman–Crippen LogP) is 3.95. The molecule has 2 rings (SSSR count). The van der Waals surface area contributed by atoms with E-state index in [1.165, 1.54) is 5.56 Å². The lowest BCUT2D eigenvalue weighted by Crippen LogP contribution is -2.05. The Morgan fingerprint density at radius 3 is 2.52 bits per heavy atom. The lowest BCUT2D eigenvalue weighted by Gasteiger charge is -2.10. The smallest absolute Gasteiger partial charge is 0.335 e. The van der Waals surface area contributed by atoms with Gasteiger partial charge in [-0.1, -0.05) is 36.4 Å². The van der Waals surface area contributed by atoms with Gasteiger partial charge in [-0.05, 0) is 43.2 Å². The third kappa shape index (κ3) is 5.27. The highest BCUT2D eigenvalue weighted by Crippen LogP contribution is 2.19. The number of benzene rings is 2. The van der Waals surface area contributed by atoms with E-state index in [1.807, 2.05) is 38.1 Å². The Labute approximate surface area is 136 Å². The van der Waals surface area contributed by atoms with Gasteiger partial charge in [0.05, 0.1) is 6.61 Å². The summed E-state index contributed by atoms with van der Waals surface area (Å²) in [6.07, 6.45) is 1.13. The predicted molar refractivity (Wildman–Crippen MR) is 88.5 cm³/mol. The number of aryl methyl sites for hydroxylation is 2. The van der Waals surface area contributed by atoms with Gasteiger partial charge in [0, 0.05) is 6.08 Å². The van der Waals surface area contributed by atoms with E-state index in [0.717, 1.165) is 23.0 Å². The number of rotatable bonds is 7. The maximum Gasteiger partial charge on any atom is 0.335 e. The van der Waals surface area contributed by atoms with Crippen LogP contribution in [0.15, 0.2) is 55.1 Å². The first-order valence-electron chi connectivity index (χ1n) is 7.29. The van der Waals surface area contributed by atoms with Crippen molar-refractivity contribution in [2.75, 3.05) is 6.79 Å². The Bertz CT molecular complexity index is 674. The molecule has 23 heavy (non-hydrogen) atoms. The van der Waals surface area contributed by atoms with Gasteiger partial charge < -0.3 is 14.2 Å². The topological polar surface area (TPSA) is 44.8 Å². The fourth-order valence-electron chi connectivity index (χ4n) is 2.04. The van der Waals surface area contributed by atoms with Gasteiger partial charge in [-0.2, -0.15) is 0 Å². The van der Waals surface area contributed by atoms with Gasteiger partial charge in [0.15, 0.2) is 6.79 Å². The van der Waals surface area contributed by atoms with Gasteiger partial charge >= 0.3 is 5.97 Å². The van der Waals surface area contributed by atoms with Crippen LogP contribution in [0, 0.1) is 13.8 Å². The van der Waals surface area contributed by atoms with Crippen molar-refractivity contribution in [3.8, 4) is 11.5 Å². The molecule has 0 bridgehead atoms. The fourth-order valence-corrected chi connectivity index (χ4v) is 2.04. The molecule has 0 saturated heterocycles. The van der Waals surface area contributed by atoms with Crippen molar-refractivity contribution in [1.82, 2.24) is 0 Å². The van der Waals surface area contributed by atoms with E-state index in [9.17, 15) is 4.79 Å². The van der Waals surface area contributed by atoms with Crippen LogP contribution in [0.25, 0.3) is 0 Å². The Kier molecular flexibility index (Phi) is 5.94. The average Bonchev–Trinajstić information content (AvgIpc) is 2.54. The Morgan fingerprint density at radius 2 is 1.87 bits per heavy atom. The molecule has 0 aliphatic heterocycles. The molecule has 0 heterocycles. The Morgan fingerprint density at radius 1 is 1.13 bits per heavy atom. The lowest BCUT2D eigenvalue weighted by atomic mass is 10.1. The summed E-state index contributed by atoms with van der Waals surface area (Å²) in [7, 11) is 0. The monoisotopic (exact) mass is 312 g/mol. The van der Waals surface area contributed by atoms with Crippen molar-refractivity contribution in [1.29, 1.82) is 0 Å². The first-order chi connectivity index (χ1) is 11.1. The van der Waals surface area contributed by atoms with E-state index in [4.69, 9.17) is 14.2 Å². The Hall–Kier alpha value is -2.59. The van der Waals surface area contributed by atoms with E-state index in [-0.39, 0.29) is 6.79 Å². The molecule has 0 N–H and O–H groups in total. The quantitative estimate of drug-likeness (QED) is 0.255. The molecule has 120 valence electrons. The fraction of sp³-hybridized carbons (Fsp3) is 0.211. The number of esters is 1. The second-order valence-corrected chi connectivity index (χ2v) is 5.15. The first kappa shape index (κ1) is 16.8. The molecule has 4 nitrogen and oxygen atoms in total. The van der Waals surface area contributed by atoms with Gasteiger partial charge in [0.1, 0.15) is 11.5 Å². The average molecular weight is 312 g/mol. The SMILES string of the molecule is C=CC(=O)Oc1ccc(COCOc2ccc(C)cc2C)cc1. The molecule has 0 spiro atoms. The molecule has 0 aromatic heterocycles. The molecule has 0 amide bonds. The van der Waals surface area contributed by atoms with Crippen molar-refractivity contribution in [3.05, 3.63) is 71.8 Å². The van der Waals surface area contributed by atoms with Crippen LogP contribution in [0.2, 0.25) is 0 Å². The highest BCUT2D eigenvalue weighted by molar-refractivity contribution is 5.83. The molecule has 0 aliphatic carbocycles. The summed E-state index contributed by atoms with van der Waals surface area (Å²) in [5.41, 5.74) is 3.25. The van der Waals surface area contributed by atoms with E-state index in [1.54, 1.807) is 12.1 Å². The number of hydrogen-bond donors (Lipinski definition) is 0. The van der Waals surface area contributed by atoms with Crippen molar-refractivity contribution >= 4 is 5.97 Å². The van der Waals surface area contributed by atoms with Crippen LogP contribution < -0.4 is 9.47 Å². The zero-order valence-electron chi connectivity index (χ0n) is 13.4. The molecule has 2 aromatic rings. The molecule has 0 radical (unpaired) electrons. The number of carbonyl (C=O) groups is 1. The summed E-state index contributed by atoms with van der Waals surface area (Å²) in [5, 5.41) is 0. The zero-order valence-corrected chi connectivity index (χ0v) is 13.4. The minimum Gasteiger partial charge on any atom is -0.467 e. The van der Waals surface area contributed by atoms with Crippen LogP contribution in [0.5, 0.6) is 11.5 Å². The summed E-state index contributed by atoms with van der Waals surface area (Å²) in [4.78, 5) is 11.1. The summed E-state index contributed by atoms with van der Waals surface area (Å²) in [6.45, 7) is 8.00. The molecule has 0 unspecified atom stereocenters. The summed E-state index contributed by atoms with van der Waals surface area (Å²) < 4.78 is 16.1. The van der Waals surface area contributed by atoms with E-state index < -0.39 is 5.97 Å². The van der Waals surface area contributed by atoms with Gasteiger partial charge in [-0.15, -0.1) is 0 Å². The second kappa shape index (κ2) is 8.15. The van der Waals surface area contributed by atoms with Crippen molar-refractivity contribution in [2.24, 2.45) is 0 Å². The van der Waals surface area contributed by atoms with Crippen molar-refractivity contribution in [2.45, 2.75) is 20.5 Å². The maximum absolute atomic E-state index is 11.1. The van der Waals surface area contributed by atoms with E-state index in [2.05, 4.69) is 12.6 Å². The molecule has 0 aliphatic rings. The van der Waals surface area contributed by atoms with Crippen LogP contribution in [0.4, 0.5) is 0 Å². The molecular formula is C19H20O4. The van der Waals surface area contributed by atoms with Gasteiger partial charge in [0.2, 0.25) is 0 Å². The summed E-state index contributed by atoms with van der Waals surface area (Å²) >= 11 is 0. The zero-order chi connectivity index (χ0) is 16.7. The third-order valence-electron chi connectivity index (χ3n) is 3.21. The molecule has 4 heteroatoms. The maximum atomic E-state index is 11.1. The normalized spacial score (nSPS) is 10.2. The first-order valence-corrected chi connectivity index (χ1v) is 7.29. The van der Waals surface area contributed by atoms with E-state index >= 15 is 0 Å². The Balaban J connectivity index is 1.77. The number of carbonyl (C=O) groups excluding carboxylic acids is 1. The van der Waals surface area contributed by atoms with Crippen LogP contribution in [0.1, 0.15) is 16.7 Å². The molecule has 0 fully saturated rings. The molecular weight excluding hydrogens is 292 g/mol. The van der Waals surface area contributed by atoms with Gasteiger partial charge in [-0.3, -0.25) is 0 Å². The van der Waals surface area contributed by atoms with Crippen LogP contribution >= 0.6 is 0 Å². The number of hydrogen-bond acceptors (Lipinski definition) is 4. The standard InChI is InChI=1S/C19H20O4/c1-4-19(20)23-17-8-6-16(7-9-17)12-21-13-22-18-10-5-14(2)11-15(18)3/h4-11H,1,12-13H2,2-3H3. The van der Waals surface area contributed by atoms with Crippen molar-refractivity contribution < 1.29 is 19.0 Å². The van der Waals surface area contributed by atoms with E-state index in [0.29, 0.717) is 12.4 Å². The van der Waals surface area contributed by atoms with Gasteiger partial charge in [-0.25, -0.2) is 4.79 Å². The minimum atomic E-state index is -0.476. The third-order valence-corrected chi connectivity index (χ3v) is 3.21. The molecule has 0 saturated carbocycles. The summed E-state index contributed by atoms with van der Waals surface area (Å²) in [5.74, 6) is 0.823. The van der Waals surface area contributed by atoms with Crippen LogP contribution in [-0.4, -0.2) is 12.8 Å². The summed E-state index contributed by atoms with van der Waals surface area (Å²) in [6, 6.07) is 13.1. The van der Waals surface area contributed by atoms with Crippen LogP contribution in [0.3, 0.4) is 0 Å². The minimum absolute atomic E-state index is 0.178. The highest BCUT2D eigenvalue weighted by atomic mass is 16.7. The largest absolute Gasteiger partial charge is 0.467 e. The van der Waals surface area contributed by atoms with Crippen molar-refractivity contribution in [3.63, 3.8) is 0 Å². The number of ether oxygens (including phenoxy) is 3. The second-order valence-electron chi connectivity index (χ2n) is 5.15.